The van der Waals surface area contributed by atoms with Crippen molar-refractivity contribution in [3.63, 3.8) is 0 Å². The Morgan fingerprint density at radius 2 is 1.76 bits per heavy atom. The van der Waals surface area contributed by atoms with E-state index in [2.05, 4.69) is 56.7 Å². The van der Waals surface area contributed by atoms with Crippen LogP contribution in [-0.2, 0) is 19.6 Å². The molecule has 0 spiro atoms. The highest BCUT2D eigenvalue weighted by Crippen LogP contribution is 2.16. The molecule has 0 saturated carbocycles. The van der Waals surface area contributed by atoms with Crippen LogP contribution in [0, 0.1) is 13.8 Å². The lowest BCUT2D eigenvalue weighted by Crippen LogP contribution is -2.36. The summed E-state index contributed by atoms with van der Waals surface area (Å²) in [4.78, 5) is 12.5. The van der Waals surface area contributed by atoms with E-state index < -0.39 is 0 Å². The van der Waals surface area contributed by atoms with Crippen molar-refractivity contribution >= 4 is 41.3 Å². The van der Waals surface area contributed by atoms with Gasteiger partial charge in [-0.05, 0) is 37.8 Å². The standard InChI is InChI=1S/C21H31N5OS.HI/c1-15-16(2)28-20(25-15)13-24-21(22-3)23-12-17-4-6-18(7-5-17)14-26-10-8-19(27)9-11-26;/h4-7,19,27H,8-14H2,1-3H3,(H2,22,23,24);1H. The van der Waals surface area contributed by atoms with Crippen molar-refractivity contribution in [2.75, 3.05) is 20.1 Å². The first-order valence-corrected chi connectivity index (χ1v) is 10.7. The molecule has 0 amide bonds. The van der Waals surface area contributed by atoms with Crippen molar-refractivity contribution < 1.29 is 5.11 Å². The van der Waals surface area contributed by atoms with Crippen molar-refractivity contribution in [2.45, 2.75) is 52.4 Å². The van der Waals surface area contributed by atoms with Gasteiger partial charge < -0.3 is 15.7 Å². The minimum absolute atomic E-state index is 0. The van der Waals surface area contributed by atoms with Gasteiger partial charge in [-0.2, -0.15) is 0 Å². The van der Waals surface area contributed by atoms with E-state index in [0.717, 1.165) is 55.7 Å². The molecule has 3 N–H and O–H groups in total. The predicted molar refractivity (Wildman–Crippen MR) is 131 cm³/mol. The number of likely N-dealkylation sites (tertiary alicyclic amines) is 1. The first-order chi connectivity index (χ1) is 13.5. The molecule has 1 fully saturated rings. The van der Waals surface area contributed by atoms with Crippen LogP contribution in [0.1, 0.15) is 39.5 Å². The van der Waals surface area contributed by atoms with Gasteiger partial charge in [-0.3, -0.25) is 9.89 Å². The first-order valence-electron chi connectivity index (χ1n) is 9.89. The Kier molecular flexibility index (Phi) is 9.81. The Bertz CT molecular complexity index is 765. The molecule has 6 nitrogen and oxygen atoms in total. The van der Waals surface area contributed by atoms with Gasteiger partial charge in [0.2, 0.25) is 0 Å². The molecule has 1 aromatic heterocycles. The van der Waals surface area contributed by atoms with Gasteiger partial charge in [0.15, 0.2) is 5.96 Å². The maximum atomic E-state index is 9.62. The number of aromatic nitrogens is 1. The van der Waals surface area contributed by atoms with E-state index >= 15 is 0 Å². The summed E-state index contributed by atoms with van der Waals surface area (Å²) in [6.45, 7) is 8.46. The number of rotatable bonds is 6. The van der Waals surface area contributed by atoms with Crippen LogP contribution in [0.15, 0.2) is 29.3 Å². The van der Waals surface area contributed by atoms with Crippen LogP contribution in [0.3, 0.4) is 0 Å². The van der Waals surface area contributed by atoms with Gasteiger partial charge in [-0.1, -0.05) is 24.3 Å². The Morgan fingerprint density at radius 3 is 2.34 bits per heavy atom. The zero-order valence-corrected chi connectivity index (χ0v) is 20.6. The summed E-state index contributed by atoms with van der Waals surface area (Å²) in [6.07, 6.45) is 1.65. The van der Waals surface area contributed by atoms with Gasteiger partial charge in [0.05, 0.1) is 18.3 Å². The SMILES string of the molecule is CN=C(NCc1ccc(CN2CCC(O)CC2)cc1)NCc1nc(C)c(C)s1.I. The van der Waals surface area contributed by atoms with Crippen LogP contribution >= 0.6 is 35.3 Å². The Morgan fingerprint density at radius 1 is 1.14 bits per heavy atom. The van der Waals surface area contributed by atoms with E-state index in [1.165, 1.54) is 16.0 Å². The van der Waals surface area contributed by atoms with E-state index in [9.17, 15) is 5.11 Å². The molecule has 0 unspecified atom stereocenters. The molecule has 2 heterocycles. The number of halogens is 1. The molecule has 1 aromatic carbocycles. The third kappa shape index (κ3) is 7.51. The van der Waals surface area contributed by atoms with Crippen molar-refractivity contribution in [1.82, 2.24) is 20.5 Å². The van der Waals surface area contributed by atoms with Crippen LogP contribution in [0.25, 0.3) is 0 Å². The van der Waals surface area contributed by atoms with E-state index in [-0.39, 0.29) is 30.1 Å². The van der Waals surface area contributed by atoms with E-state index in [1.54, 1.807) is 18.4 Å². The van der Waals surface area contributed by atoms with E-state index in [4.69, 9.17) is 0 Å². The molecule has 3 rings (SSSR count). The highest BCUT2D eigenvalue weighted by Gasteiger charge is 2.16. The number of aryl methyl sites for hydroxylation is 2. The lowest BCUT2D eigenvalue weighted by Gasteiger charge is -2.29. The highest BCUT2D eigenvalue weighted by atomic mass is 127. The van der Waals surface area contributed by atoms with Crippen molar-refractivity contribution in [3.8, 4) is 0 Å². The topological polar surface area (TPSA) is 72.8 Å². The number of nitrogens with zero attached hydrogens (tertiary/aromatic N) is 3. The molecule has 1 saturated heterocycles. The number of piperidine rings is 1. The monoisotopic (exact) mass is 529 g/mol. The van der Waals surface area contributed by atoms with Crippen LogP contribution in [0.4, 0.5) is 0 Å². The number of hydrogen-bond donors (Lipinski definition) is 3. The van der Waals surface area contributed by atoms with E-state index in [1.807, 2.05) is 6.92 Å². The molecular weight excluding hydrogens is 497 g/mol. The molecular formula is C21H32IN5OS. The molecule has 0 radical (unpaired) electrons. The van der Waals surface area contributed by atoms with Gasteiger partial charge in [0.1, 0.15) is 5.01 Å². The lowest BCUT2D eigenvalue weighted by molar-refractivity contribution is 0.0792. The fourth-order valence-corrected chi connectivity index (χ4v) is 4.15. The number of aliphatic hydroxyl groups is 1. The molecule has 1 aliphatic rings. The zero-order valence-electron chi connectivity index (χ0n) is 17.4. The smallest absolute Gasteiger partial charge is 0.191 e. The van der Waals surface area contributed by atoms with Crippen molar-refractivity contribution in [2.24, 2.45) is 4.99 Å². The number of hydrogen-bond acceptors (Lipinski definition) is 5. The fourth-order valence-electron chi connectivity index (χ4n) is 3.28. The van der Waals surface area contributed by atoms with Crippen LogP contribution in [0.5, 0.6) is 0 Å². The third-order valence-corrected chi connectivity index (χ3v) is 6.22. The summed E-state index contributed by atoms with van der Waals surface area (Å²) in [6, 6.07) is 8.72. The molecule has 1 aliphatic heterocycles. The maximum Gasteiger partial charge on any atom is 0.191 e. The quantitative estimate of drug-likeness (QED) is 0.305. The number of nitrogens with one attached hydrogen (secondary N) is 2. The Labute approximate surface area is 194 Å². The van der Waals surface area contributed by atoms with Crippen molar-refractivity contribution in [1.29, 1.82) is 0 Å². The Hall–Kier alpha value is -1.23. The van der Waals surface area contributed by atoms with E-state index in [0.29, 0.717) is 6.54 Å². The normalized spacial score (nSPS) is 15.8. The average Bonchev–Trinajstić information content (AvgIpc) is 3.02. The lowest BCUT2D eigenvalue weighted by atomic mass is 10.1. The number of thiazole rings is 1. The molecule has 0 bridgehead atoms. The van der Waals surface area contributed by atoms with Gasteiger partial charge in [0, 0.05) is 38.1 Å². The van der Waals surface area contributed by atoms with Gasteiger partial charge >= 0.3 is 0 Å². The van der Waals surface area contributed by atoms with Crippen molar-refractivity contribution in [3.05, 3.63) is 51.0 Å². The number of benzene rings is 1. The zero-order chi connectivity index (χ0) is 19.9. The second kappa shape index (κ2) is 11.8. The summed E-state index contributed by atoms with van der Waals surface area (Å²) in [5.41, 5.74) is 3.64. The second-order valence-corrected chi connectivity index (χ2v) is 8.64. The highest BCUT2D eigenvalue weighted by molar-refractivity contribution is 14.0. The molecule has 2 aromatic rings. The number of aliphatic imine (C=N–C) groups is 1. The number of aliphatic hydroxyl groups excluding tert-OH is 1. The molecule has 0 aliphatic carbocycles. The van der Waals surface area contributed by atoms with Gasteiger partial charge in [0.25, 0.3) is 0 Å². The van der Waals surface area contributed by atoms with Gasteiger partial charge in [-0.15, -0.1) is 35.3 Å². The Balaban J connectivity index is 0.00000300. The van der Waals surface area contributed by atoms with Crippen LogP contribution in [-0.4, -0.2) is 47.2 Å². The number of guanidine groups is 1. The summed E-state index contributed by atoms with van der Waals surface area (Å²) in [7, 11) is 1.78. The van der Waals surface area contributed by atoms with Crippen LogP contribution < -0.4 is 10.6 Å². The molecule has 8 heteroatoms. The molecule has 29 heavy (non-hydrogen) atoms. The predicted octanol–water partition coefficient (Wildman–Crippen LogP) is 3.20. The summed E-state index contributed by atoms with van der Waals surface area (Å²) < 4.78 is 0. The summed E-state index contributed by atoms with van der Waals surface area (Å²) >= 11 is 1.72. The molecule has 0 atom stereocenters. The minimum atomic E-state index is -0.114. The summed E-state index contributed by atoms with van der Waals surface area (Å²) in [5.74, 6) is 0.779. The van der Waals surface area contributed by atoms with Crippen LogP contribution in [0.2, 0.25) is 0 Å². The first kappa shape index (κ1) is 24.0. The average molecular weight is 529 g/mol. The summed E-state index contributed by atoms with van der Waals surface area (Å²) in [5, 5.41) is 17.4. The minimum Gasteiger partial charge on any atom is -0.393 e. The third-order valence-electron chi connectivity index (χ3n) is 5.15. The largest absolute Gasteiger partial charge is 0.393 e. The second-order valence-electron chi connectivity index (χ2n) is 7.35. The fraction of sp³-hybridized carbons (Fsp3) is 0.524. The van der Waals surface area contributed by atoms with Gasteiger partial charge in [-0.25, -0.2) is 4.98 Å². The molecule has 160 valence electrons. The maximum absolute atomic E-state index is 9.62.